The summed E-state index contributed by atoms with van der Waals surface area (Å²) in [6.45, 7) is 2.15. The summed E-state index contributed by atoms with van der Waals surface area (Å²) >= 11 is 0. The van der Waals surface area contributed by atoms with Gasteiger partial charge in [0.25, 0.3) is 0 Å². The Morgan fingerprint density at radius 2 is 2.12 bits per heavy atom. The first-order chi connectivity index (χ1) is 7.68. The number of benzene rings is 1. The average molecular weight is 217 g/mol. The maximum Gasteiger partial charge on any atom is 0.0749 e. The molecule has 1 aliphatic heterocycles. The highest BCUT2D eigenvalue weighted by Crippen LogP contribution is 2.47. The zero-order valence-corrected chi connectivity index (χ0v) is 9.98. The molecule has 0 bridgehead atoms. The van der Waals surface area contributed by atoms with Crippen molar-refractivity contribution in [3.05, 3.63) is 29.3 Å². The quantitative estimate of drug-likeness (QED) is 0.721. The van der Waals surface area contributed by atoms with Crippen LogP contribution >= 0.6 is 0 Å². The summed E-state index contributed by atoms with van der Waals surface area (Å²) in [5.41, 5.74) is 4.10. The van der Waals surface area contributed by atoms with Crippen LogP contribution in [0.2, 0.25) is 0 Å². The minimum absolute atomic E-state index is 0.156. The number of aryl methyl sites for hydroxylation is 1. The van der Waals surface area contributed by atoms with Crippen molar-refractivity contribution in [2.24, 2.45) is 0 Å². The molecule has 1 aromatic rings. The number of fused-ring (bicyclic) bond motifs is 3. The van der Waals surface area contributed by atoms with Crippen molar-refractivity contribution < 1.29 is 5.11 Å². The maximum absolute atomic E-state index is 10.1. The van der Waals surface area contributed by atoms with Crippen LogP contribution in [0, 0.1) is 6.92 Å². The lowest BCUT2D eigenvalue weighted by Gasteiger charge is -2.35. The van der Waals surface area contributed by atoms with E-state index in [2.05, 4.69) is 37.1 Å². The van der Waals surface area contributed by atoms with E-state index in [0.717, 1.165) is 12.8 Å². The molecule has 3 atom stereocenters. The lowest BCUT2D eigenvalue weighted by molar-refractivity contribution is 0.0994. The predicted octanol–water partition coefficient (Wildman–Crippen LogP) is 2.44. The van der Waals surface area contributed by atoms with Crippen LogP contribution in [0.3, 0.4) is 0 Å². The normalized spacial score (nSPS) is 32.4. The number of aliphatic hydroxyl groups is 1. The van der Waals surface area contributed by atoms with E-state index >= 15 is 0 Å². The third kappa shape index (κ3) is 1.29. The minimum Gasteiger partial charge on any atom is -0.391 e. The van der Waals surface area contributed by atoms with Gasteiger partial charge >= 0.3 is 0 Å². The number of likely N-dealkylation sites (N-methyl/N-ethyl adjacent to an activating group) is 1. The summed E-state index contributed by atoms with van der Waals surface area (Å²) in [7, 11) is 2.12. The van der Waals surface area contributed by atoms with E-state index in [1.165, 1.54) is 23.2 Å². The van der Waals surface area contributed by atoms with Crippen LogP contribution in [-0.2, 0) is 0 Å². The molecule has 16 heavy (non-hydrogen) atoms. The van der Waals surface area contributed by atoms with Crippen LogP contribution < -0.4 is 4.90 Å². The molecule has 3 unspecified atom stereocenters. The minimum atomic E-state index is -0.156. The Hall–Kier alpha value is -1.02. The van der Waals surface area contributed by atoms with Gasteiger partial charge in [-0.05, 0) is 31.4 Å². The largest absolute Gasteiger partial charge is 0.391 e. The second-order valence-corrected chi connectivity index (χ2v) is 5.27. The zero-order valence-electron chi connectivity index (χ0n) is 9.98. The van der Waals surface area contributed by atoms with Gasteiger partial charge in [-0.25, -0.2) is 0 Å². The van der Waals surface area contributed by atoms with Gasteiger partial charge in [-0.3, -0.25) is 0 Å². The predicted molar refractivity (Wildman–Crippen MR) is 66.0 cm³/mol. The first kappa shape index (κ1) is 10.2. The lowest BCUT2D eigenvalue weighted by Crippen LogP contribution is -2.43. The maximum atomic E-state index is 10.1. The lowest BCUT2D eigenvalue weighted by atomic mass is 9.80. The molecule has 0 saturated heterocycles. The van der Waals surface area contributed by atoms with E-state index in [1.807, 2.05) is 0 Å². The fourth-order valence-electron chi connectivity index (χ4n) is 3.48. The Morgan fingerprint density at radius 1 is 1.31 bits per heavy atom. The van der Waals surface area contributed by atoms with E-state index in [4.69, 9.17) is 0 Å². The molecule has 0 amide bonds. The van der Waals surface area contributed by atoms with Gasteiger partial charge in [0.1, 0.15) is 0 Å². The van der Waals surface area contributed by atoms with Crippen LogP contribution in [0.15, 0.2) is 18.2 Å². The fourth-order valence-corrected chi connectivity index (χ4v) is 3.48. The van der Waals surface area contributed by atoms with Gasteiger partial charge in [-0.2, -0.15) is 0 Å². The van der Waals surface area contributed by atoms with Gasteiger partial charge in [-0.1, -0.05) is 24.1 Å². The van der Waals surface area contributed by atoms with Gasteiger partial charge in [-0.15, -0.1) is 0 Å². The summed E-state index contributed by atoms with van der Waals surface area (Å²) in [5.74, 6) is 0.545. The van der Waals surface area contributed by atoms with Crippen molar-refractivity contribution in [3.8, 4) is 0 Å². The van der Waals surface area contributed by atoms with Crippen molar-refractivity contribution >= 4 is 5.69 Å². The van der Waals surface area contributed by atoms with E-state index in [9.17, 15) is 5.11 Å². The number of aliphatic hydroxyl groups excluding tert-OH is 1. The van der Waals surface area contributed by atoms with Crippen molar-refractivity contribution in [1.29, 1.82) is 0 Å². The van der Waals surface area contributed by atoms with Gasteiger partial charge < -0.3 is 10.0 Å². The molecule has 2 heteroatoms. The number of hydrogen-bond donors (Lipinski definition) is 1. The first-order valence-electron chi connectivity index (χ1n) is 6.20. The molecular weight excluding hydrogens is 198 g/mol. The van der Waals surface area contributed by atoms with Crippen LogP contribution in [0.4, 0.5) is 5.69 Å². The molecule has 0 radical (unpaired) electrons. The molecule has 2 nitrogen and oxygen atoms in total. The summed E-state index contributed by atoms with van der Waals surface area (Å²) in [5, 5.41) is 10.1. The molecule has 1 heterocycles. The molecule has 1 fully saturated rings. The molecule has 0 aromatic heterocycles. The van der Waals surface area contributed by atoms with E-state index in [1.54, 1.807) is 0 Å². The standard InChI is InChI=1S/C14H19NO/c1-9-6-7-12-11(8-9)10-4-3-5-13(16)14(10)15(12)2/h6-8,10,13-14,16H,3-5H2,1-2H3. The van der Waals surface area contributed by atoms with Crippen LogP contribution in [0.5, 0.6) is 0 Å². The number of nitrogens with zero attached hydrogens (tertiary/aromatic N) is 1. The zero-order chi connectivity index (χ0) is 11.3. The Balaban J connectivity index is 2.08. The SMILES string of the molecule is Cc1ccc2c(c1)C1CCCC(O)C1N2C. The van der Waals surface area contributed by atoms with E-state index in [0.29, 0.717) is 12.0 Å². The monoisotopic (exact) mass is 217 g/mol. The van der Waals surface area contributed by atoms with Gasteiger partial charge in [0.15, 0.2) is 0 Å². The molecular formula is C14H19NO. The van der Waals surface area contributed by atoms with Gasteiger partial charge in [0.2, 0.25) is 0 Å². The second-order valence-electron chi connectivity index (χ2n) is 5.27. The molecule has 3 rings (SSSR count). The van der Waals surface area contributed by atoms with Gasteiger partial charge in [0.05, 0.1) is 12.1 Å². The summed E-state index contributed by atoms with van der Waals surface area (Å²) in [6, 6.07) is 6.98. The Morgan fingerprint density at radius 3 is 2.94 bits per heavy atom. The third-order valence-electron chi connectivity index (χ3n) is 4.23. The number of anilines is 1. The summed E-state index contributed by atoms with van der Waals surface area (Å²) in [4.78, 5) is 2.28. The van der Waals surface area contributed by atoms with E-state index < -0.39 is 0 Å². The average Bonchev–Trinajstić information content (AvgIpc) is 2.54. The Labute approximate surface area is 96.9 Å². The summed E-state index contributed by atoms with van der Waals surface area (Å²) in [6.07, 6.45) is 3.18. The van der Waals surface area contributed by atoms with Crippen molar-refractivity contribution in [2.45, 2.75) is 44.2 Å². The third-order valence-corrected chi connectivity index (χ3v) is 4.23. The number of rotatable bonds is 0. The summed E-state index contributed by atoms with van der Waals surface area (Å²) < 4.78 is 0. The van der Waals surface area contributed by atoms with Crippen molar-refractivity contribution in [3.63, 3.8) is 0 Å². The smallest absolute Gasteiger partial charge is 0.0749 e. The highest BCUT2D eigenvalue weighted by atomic mass is 16.3. The molecule has 2 aliphatic rings. The van der Waals surface area contributed by atoms with Crippen molar-refractivity contribution in [1.82, 2.24) is 0 Å². The Kier molecular flexibility index (Phi) is 2.21. The highest BCUT2D eigenvalue weighted by Gasteiger charge is 2.42. The number of hydrogen-bond acceptors (Lipinski definition) is 2. The molecule has 1 N–H and O–H groups in total. The van der Waals surface area contributed by atoms with Crippen molar-refractivity contribution in [2.75, 3.05) is 11.9 Å². The van der Waals surface area contributed by atoms with Crippen LogP contribution in [0.25, 0.3) is 0 Å². The molecule has 0 spiro atoms. The Bertz CT molecular complexity index is 415. The molecule has 1 aromatic carbocycles. The molecule has 1 saturated carbocycles. The van der Waals surface area contributed by atoms with Gasteiger partial charge in [0, 0.05) is 18.7 Å². The molecule has 86 valence electrons. The molecule has 1 aliphatic carbocycles. The fraction of sp³-hybridized carbons (Fsp3) is 0.571. The topological polar surface area (TPSA) is 23.5 Å². The second kappa shape index (κ2) is 3.49. The first-order valence-corrected chi connectivity index (χ1v) is 6.20. The van der Waals surface area contributed by atoms with Crippen LogP contribution in [-0.4, -0.2) is 24.3 Å². The van der Waals surface area contributed by atoms with Crippen LogP contribution in [0.1, 0.15) is 36.3 Å². The highest BCUT2D eigenvalue weighted by molar-refractivity contribution is 5.62. The van der Waals surface area contributed by atoms with E-state index in [-0.39, 0.29) is 6.10 Å².